The molecule has 11 heteroatoms. The van der Waals surface area contributed by atoms with Crippen LogP contribution in [0.2, 0.25) is 0 Å². The number of urea groups is 4. The Kier molecular flexibility index (Phi) is 1.85. The summed E-state index contributed by atoms with van der Waals surface area (Å²) in [6.07, 6.45) is 0. The number of carbonyl (C=O) groups excluding carboxylic acids is 4. The maximum absolute atomic E-state index is 10.9. The van der Waals surface area contributed by atoms with Crippen LogP contribution in [0.15, 0.2) is 20.5 Å². The molecule has 0 radical (unpaired) electrons. The molecule has 2 aliphatic heterocycles. The maximum Gasteiger partial charge on any atom is 0.385 e. The lowest BCUT2D eigenvalue weighted by Gasteiger charge is -2.13. The Balaban J connectivity index is 2.10. The van der Waals surface area contributed by atoms with Crippen molar-refractivity contribution in [2.24, 2.45) is 20.5 Å². The zero-order valence-corrected chi connectivity index (χ0v) is 7.02. The number of azo groups is 2. The Bertz CT molecular complexity index is 366. The molecule has 0 bridgehead atoms. The lowest BCUT2D eigenvalue weighted by Crippen LogP contribution is -2.45. The molecule has 0 unspecified atom stereocenters. The predicted molar refractivity (Wildman–Crippen MR) is 42.1 cm³/mol. The van der Waals surface area contributed by atoms with E-state index in [4.69, 9.17) is 0 Å². The minimum Gasteiger partial charge on any atom is -0.267 e. The standard InChI is InChI=1S/C4HBN6O4/c12-1-6-7-2(13)10(1)5-11-3(14)8-9-4(11)15/h5H. The molecule has 0 aliphatic carbocycles. The van der Waals surface area contributed by atoms with Crippen LogP contribution in [0.25, 0.3) is 0 Å². The number of imide groups is 2. The third kappa shape index (κ3) is 1.39. The first kappa shape index (κ1) is 9.11. The first-order valence-electron chi connectivity index (χ1n) is 3.64. The van der Waals surface area contributed by atoms with Gasteiger partial charge in [-0.25, -0.2) is 19.2 Å². The van der Waals surface area contributed by atoms with Crippen LogP contribution in [0.1, 0.15) is 0 Å². The van der Waals surface area contributed by atoms with Crippen LogP contribution in [0.4, 0.5) is 19.2 Å². The van der Waals surface area contributed by atoms with Crippen molar-refractivity contribution in [3.05, 3.63) is 0 Å². The zero-order valence-electron chi connectivity index (χ0n) is 7.02. The average molecular weight is 208 g/mol. The van der Waals surface area contributed by atoms with Crippen LogP contribution in [0.3, 0.4) is 0 Å². The van der Waals surface area contributed by atoms with E-state index in [1.807, 2.05) is 0 Å². The van der Waals surface area contributed by atoms with Gasteiger partial charge in [0.05, 0.1) is 0 Å². The van der Waals surface area contributed by atoms with Crippen molar-refractivity contribution >= 4 is 31.7 Å². The van der Waals surface area contributed by atoms with Crippen LogP contribution in [0.5, 0.6) is 0 Å². The molecule has 2 heterocycles. The summed E-state index contributed by atoms with van der Waals surface area (Å²) in [4.78, 5) is 44.7. The Labute approximate surface area is 81.9 Å². The highest BCUT2D eigenvalue weighted by atomic mass is 16.2. The van der Waals surface area contributed by atoms with Gasteiger partial charge in [0.15, 0.2) is 0 Å². The highest BCUT2D eigenvalue weighted by Crippen LogP contribution is 2.11. The largest absolute Gasteiger partial charge is 0.385 e. The Morgan fingerprint density at radius 2 is 0.933 bits per heavy atom. The molecule has 0 atom stereocenters. The van der Waals surface area contributed by atoms with Crippen molar-refractivity contribution in [2.75, 3.05) is 0 Å². The number of carbonyl (C=O) groups is 4. The quantitative estimate of drug-likeness (QED) is 0.603. The molecule has 0 spiro atoms. The second-order valence-corrected chi connectivity index (χ2v) is 2.53. The molecule has 0 fully saturated rings. The summed E-state index contributed by atoms with van der Waals surface area (Å²) < 4.78 is 0. The number of hydrogen-bond acceptors (Lipinski definition) is 4. The molecule has 0 aromatic rings. The van der Waals surface area contributed by atoms with Gasteiger partial charge in [0.25, 0.3) is 0 Å². The highest BCUT2D eigenvalue weighted by Gasteiger charge is 2.37. The normalized spacial score (nSPS) is 19.7. The summed E-state index contributed by atoms with van der Waals surface area (Å²) in [6.45, 7) is 0. The monoisotopic (exact) mass is 208 g/mol. The highest BCUT2D eigenvalue weighted by molar-refractivity contribution is 6.48. The molecular weight excluding hydrogens is 207 g/mol. The fourth-order valence-electron chi connectivity index (χ4n) is 0.934. The van der Waals surface area contributed by atoms with Crippen LogP contribution in [-0.4, -0.2) is 41.3 Å². The van der Waals surface area contributed by atoms with E-state index < -0.39 is 31.7 Å². The summed E-state index contributed by atoms with van der Waals surface area (Å²) >= 11 is 0. The number of hydrogen-bond donors (Lipinski definition) is 0. The summed E-state index contributed by atoms with van der Waals surface area (Å²) in [6, 6.07) is -3.75. The molecule has 0 N–H and O–H groups in total. The van der Waals surface area contributed by atoms with Crippen LogP contribution in [-0.2, 0) is 0 Å². The van der Waals surface area contributed by atoms with E-state index >= 15 is 0 Å². The molecule has 0 aromatic heterocycles. The lowest BCUT2D eigenvalue weighted by atomic mass is 10.1. The molecule has 0 saturated carbocycles. The van der Waals surface area contributed by atoms with E-state index in [1.165, 1.54) is 0 Å². The number of amides is 8. The molecule has 15 heavy (non-hydrogen) atoms. The van der Waals surface area contributed by atoms with Crippen molar-refractivity contribution in [1.82, 2.24) is 9.62 Å². The Morgan fingerprint density at radius 1 is 0.667 bits per heavy atom. The third-order valence-corrected chi connectivity index (χ3v) is 1.65. The van der Waals surface area contributed by atoms with Gasteiger partial charge in [-0.3, -0.25) is 9.62 Å². The zero-order chi connectivity index (χ0) is 11.0. The van der Waals surface area contributed by atoms with Gasteiger partial charge in [0, 0.05) is 0 Å². The van der Waals surface area contributed by atoms with Crippen LogP contribution < -0.4 is 0 Å². The SMILES string of the molecule is O=C1N=NC(=O)N1BN1C(=O)N=NC1=O. The molecule has 8 amide bonds. The lowest BCUT2D eigenvalue weighted by molar-refractivity contribution is 0.218. The van der Waals surface area contributed by atoms with Gasteiger partial charge < -0.3 is 0 Å². The third-order valence-electron chi connectivity index (χ3n) is 1.65. The molecule has 0 saturated heterocycles. The summed E-state index contributed by atoms with van der Waals surface area (Å²) in [5.74, 6) is 0. The Morgan fingerprint density at radius 3 is 1.20 bits per heavy atom. The van der Waals surface area contributed by atoms with Crippen molar-refractivity contribution < 1.29 is 19.2 Å². The molecule has 2 rings (SSSR count). The van der Waals surface area contributed by atoms with Crippen molar-refractivity contribution in [2.45, 2.75) is 0 Å². The predicted octanol–water partition coefficient (Wildman–Crippen LogP) is 0.269. The van der Waals surface area contributed by atoms with Crippen molar-refractivity contribution in [3.63, 3.8) is 0 Å². The first-order chi connectivity index (χ1) is 7.09. The minimum absolute atomic E-state index is 0.520. The van der Waals surface area contributed by atoms with Crippen molar-refractivity contribution in [1.29, 1.82) is 0 Å². The Hall–Kier alpha value is -2.46. The topological polar surface area (TPSA) is 124 Å². The van der Waals surface area contributed by atoms with Crippen LogP contribution in [0, 0.1) is 0 Å². The maximum atomic E-state index is 10.9. The van der Waals surface area contributed by atoms with Crippen LogP contribution >= 0.6 is 0 Å². The van der Waals surface area contributed by atoms with E-state index in [0.29, 0.717) is 9.62 Å². The molecule has 0 aromatic carbocycles. The molecule has 74 valence electrons. The fourth-order valence-corrected chi connectivity index (χ4v) is 0.934. The van der Waals surface area contributed by atoms with E-state index in [9.17, 15) is 19.2 Å². The summed E-state index contributed by atoms with van der Waals surface area (Å²) in [7, 11) is -0.574. The van der Waals surface area contributed by atoms with E-state index in [1.54, 1.807) is 0 Å². The van der Waals surface area contributed by atoms with Gasteiger partial charge >= 0.3 is 31.7 Å². The molecule has 10 nitrogen and oxygen atoms in total. The summed E-state index contributed by atoms with van der Waals surface area (Å²) in [5, 5.41) is 11.8. The van der Waals surface area contributed by atoms with E-state index in [2.05, 4.69) is 20.5 Å². The molecular formula is C4HBN6O4. The van der Waals surface area contributed by atoms with E-state index in [-0.39, 0.29) is 0 Å². The number of nitrogens with zero attached hydrogens (tertiary/aromatic N) is 6. The van der Waals surface area contributed by atoms with Gasteiger partial charge in [-0.15, -0.1) is 0 Å². The average Bonchev–Trinajstić information content (AvgIpc) is 2.67. The van der Waals surface area contributed by atoms with E-state index in [0.717, 1.165) is 0 Å². The summed E-state index contributed by atoms with van der Waals surface area (Å²) in [5.41, 5.74) is 0. The van der Waals surface area contributed by atoms with Gasteiger partial charge in [-0.2, -0.15) is 0 Å². The minimum atomic E-state index is -0.938. The van der Waals surface area contributed by atoms with Gasteiger partial charge in [-0.1, -0.05) is 20.5 Å². The second-order valence-electron chi connectivity index (χ2n) is 2.53. The van der Waals surface area contributed by atoms with Gasteiger partial charge in [0.1, 0.15) is 0 Å². The smallest absolute Gasteiger partial charge is 0.267 e. The fraction of sp³-hybridized carbons (Fsp3) is 0. The molecule has 2 aliphatic rings. The van der Waals surface area contributed by atoms with Gasteiger partial charge in [0.2, 0.25) is 0 Å². The van der Waals surface area contributed by atoms with Crippen molar-refractivity contribution in [3.8, 4) is 0 Å². The first-order valence-corrected chi connectivity index (χ1v) is 3.64. The number of rotatable bonds is 2. The second kappa shape index (κ2) is 3.04. The van der Waals surface area contributed by atoms with Gasteiger partial charge in [-0.05, 0) is 0 Å².